The summed E-state index contributed by atoms with van der Waals surface area (Å²) >= 11 is 1.57. The van der Waals surface area contributed by atoms with Crippen LogP contribution in [-0.4, -0.2) is 50.7 Å². The number of nitrogens with zero attached hydrogens (tertiary/aromatic N) is 3. The Morgan fingerprint density at radius 3 is 2.67 bits per heavy atom. The maximum Gasteiger partial charge on any atom is 0.243 e. The van der Waals surface area contributed by atoms with Crippen molar-refractivity contribution in [2.75, 3.05) is 6.54 Å². The van der Waals surface area contributed by atoms with Crippen molar-refractivity contribution in [1.82, 2.24) is 20.4 Å². The van der Waals surface area contributed by atoms with Gasteiger partial charge >= 0.3 is 0 Å². The number of thiazole rings is 1. The van der Waals surface area contributed by atoms with Gasteiger partial charge in [0.2, 0.25) is 11.8 Å². The molecule has 3 atom stereocenters. The van der Waals surface area contributed by atoms with Crippen LogP contribution in [-0.2, 0) is 16.1 Å². The number of aromatic nitrogens is 2. The lowest BCUT2D eigenvalue weighted by atomic mass is 9.91. The summed E-state index contributed by atoms with van der Waals surface area (Å²) in [5.41, 5.74) is 4.51. The third-order valence-corrected chi connectivity index (χ3v) is 6.71. The maximum absolute atomic E-state index is 13.4. The molecule has 2 N–H and O–H groups in total. The summed E-state index contributed by atoms with van der Waals surface area (Å²) in [5.74, 6) is -0.641. The average Bonchev–Trinajstić information content (AvgIpc) is 3.54. The van der Waals surface area contributed by atoms with Gasteiger partial charge in [-0.1, -0.05) is 43.3 Å². The molecular formula is C24H28N4O4S. The van der Waals surface area contributed by atoms with Gasteiger partial charge in [0.25, 0.3) is 0 Å². The molecule has 9 heteroatoms. The van der Waals surface area contributed by atoms with E-state index in [1.807, 2.05) is 44.3 Å². The van der Waals surface area contributed by atoms with Crippen LogP contribution in [0.2, 0.25) is 0 Å². The van der Waals surface area contributed by atoms with E-state index < -0.39 is 18.1 Å². The van der Waals surface area contributed by atoms with E-state index in [9.17, 15) is 14.7 Å². The van der Waals surface area contributed by atoms with Gasteiger partial charge < -0.3 is 19.8 Å². The molecule has 1 saturated heterocycles. The Morgan fingerprint density at radius 2 is 2.06 bits per heavy atom. The molecule has 33 heavy (non-hydrogen) atoms. The number of β-amino-alcohol motifs (C(OH)–C–C–N with tert-alkyl or cyclic N) is 1. The Bertz CT molecular complexity index is 1090. The van der Waals surface area contributed by atoms with Crippen LogP contribution in [0, 0.1) is 12.8 Å². The average molecular weight is 469 g/mol. The molecule has 0 saturated carbocycles. The van der Waals surface area contributed by atoms with Crippen LogP contribution in [0.3, 0.4) is 0 Å². The summed E-state index contributed by atoms with van der Waals surface area (Å²) in [6, 6.07) is 8.94. The van der Waals surface area contributed by atoms with E-state index in [-0.39, 0.29) is 30.7 Å². The number of benzene rings is 1. The number of aliphatic hydroxyl groups excluding tert-OH is 1. The second-order valence-corrected chi connectivity index (χ2v) is 9.66. The Kier molecular flexibility index (Phi) is 6.90. The molecule has 2 amide bonds. The molecule has 3 aromatic rings. The van der Waals surface area contributed by atoms with Crippen molar-refractivity contribution in [3.05, 3.63) is 59.1 Å². The minimum Gasteiger partial charge on any atom is -0.391 e. The quantitative estimate of drug-likeness (QED) is 0.552. The van der Waals surface area contributed by atoms with Crippen LogP contribution >= 0.6 is 11.3 Å². The summed E-state index contributed by atoms with van der Waals surface area (Å²) in [5, 5.41) is 17.1. The number of hydrogen-bond donors (Lipinski definition) is 2. The summed E-state index contributed by atoms with van der Waals surface area (Å²) in [7, 11) is 0. The van der Waals surface area contributed by atoms with Gasteiger partial charge in [-0.25, -0.2) is 0 Å². The van der Waals surface area contributed by atoms with Crippen molar-refractivity contribution in [1.29, 1.82) is 0 Å². The predicted molar refractivity (Wildman–Crippen MR) is 124 cm³/mol. The first-order valence-electron chi connectivity index (χ1n) is 11.0. The molecule has 0 aliphatic carbocycles. The minimum absolute atomic E-state index is 0.0524. The first kappa shape index (κ1) is 23.1. The lowest BCUT2D eigenvalue weighted by Gasteiger charge is -2.28. The molecule has 4 rings (SSSR count). The zero-order valence-corrected chi connectivity index (χ0v) is 19.7. The molecule has 1 aliphatic heterocycles. The summed E-state index contributed by atoms with van der Waals surface area (Å²) in [4.78, 5) is 33.1. The number of hydrogen-bond acceptors (Lipinski definition) is 7. The van der Waals surface area contributed by atoms with Gasteiger partial charge in [-0.15, -0.1) is 11.3 Å². The van der Waals surface area contributed by atoms with Crippen molar-refractivity contribution in [3.8, 4) is 10.4 Å². The summed E-state index contributed by atoms with van der Waals surface area (Å²) < 4.78 is 5.37. The van der Waals surface area contributed by atoms with E-state index >= 15 is 0 Å². The lowest BCUT2D eigenvalue weighted by molar-refractivity contribution is -0.141. The van der Waals surface area contributed by atoms with E-state index in [4.69, 9.17) is 4.52 Å². The number of nitrogens with one attached hydrogen (secondary N) is 1. The number of rotatable bonds is 7. The highest BCUT2D eigenvalue weighted by Crippen LogP contribution is 2.31. The van der Waals surface area contributed by atoms with Crippen LogP contribution in [0.15, 0.2) is 46.6 Å². The van der Waals surface area contributed by atoms with Crippen LogP contribution in [0.1, 0.15) is 43.2 Å². The molecule has 1 unspecified atom stereocenters. The third kappa shape index (κ3) is 5.15. The topological polar surface area (TPSA) is 109 Å². The zero-order chi connectivity index (χ0) is 23.5. The standard InChI is InChI=1S/C24H28N4O4S/c1-14(2)22(20-8-15(3)27-32-20)24(31)28-12-18(29)9-19(28)23(30)26-10-16-4-6-17(7-5-16)21-11-25-13-33-21/h4-8,11,13-14,18-19,22,29H,9-10,12H2,1-3H3,(H,26,30)/t18-,19+,22?/m1/s1. The zero-order valence-electron chi connectivity index (χ0n) is 18.9. The molecular weight excluding hydrogens is 440 g/mol. The molecule has 174 valence electrons. The molecule has 8 nitrogen and oxygen atoms in total. The molecule has 0 radical (unpaired) electrons. The van der Waals surface area contributed by atoms with Crippen LogP contribution in [0.5, 0.6) is 0 Å². The SMILES string of the molecule is Cc1cc(C(C(=O)N2C[C@H](O)C[C@H]2C(=O)NCc2ccc(-c3cncs3)cc2)C(C)C)on1. The first-order chi connectivity index (χ1) is 15.8. The van der Waals surface area contributed by atoms with E-state index in [1.54, 1.807) is 29.8 Å². The highest BCUT2D eigenvalue weighted by Gasteiger charge is 2.43. The minimum atomic E-state index is -0.743. The number of carbonyl (C=O) groups is 2. The van der Waals surface area contributed by atoms with Gasteiger partial charge in [0, 0.05) is 31.8 Å². The fourth-order valence-corrected chi connectivity index (χ4v) is 4.83. The van der Waals surface area contributed by atoms with Crippen LogP contribution < -0.4 is 5.32 Å². The van der Waals surface area contributed by atoms with Crippen molar-refractivity contribution in [3.63, 3.8) is 0 Å². The summed E-state index contributed by atoms with van der Waals surface area (Å²) in [6.45, 7) is 6.12. The number of amides is 2. The molecule has 1 aliphatic rings. The van der Waals surface area contributed by atoms with Gasteiger partial charge in [0.1, 0.15) is 17.7 Å². The molecule has 0 spiro atoms. The highest BCUT2D eigenvalue weighted by molar-refractivity contribution is 7.13. The largest absolute Gasteiger partial charge is 0.391 e. The van der Waals surface area contributed by atoms with E-state index in [1.165, 1.54) is 4.90 Å². The number of likely N-dealkylation sites (tertiary alicyclic amines) is 1. The van der Waals surface area contributed by atoms with Gasteiger partial charge in [0.05, 0.1) is 22.2 Å². The first-order valence-corrected chi connectivity index (χ1v) is 11.9. The molecule has 2 aromatic heterocycles. The van der Waals surface area contributed by atoms with Gasteiger partial charge in [-0.3, -0.25) is 14.6 Å². The van der Waals surface area contributed by atoms with Gasteiger partial charge in [-0.05, 0) is 24.0 Å². The maximum atomic E-state index is 13.4. The predicted octanol–water partition coefficient (Wildman–Crippen LogP) is 3.12. The monoisotopic (exact) mass is 468 g/mol. The molecule has 1 fully saturated rings. The van der Waals surface area contributed by atoms with Crippen molar-refractivity contribution in [2.24, 2.45) is 5.92 Å². The molecule has 0 bridgehead atoms. The Labute approximate surface area is 196 Å². The molecule has 1 aromatic carbocycles. The van der Waals surface area contributed by atoms with E-state index in [0.29, 0.717) is 18.0 Å². The second kappa shape index (κ2) is 9.84. The molecule has 3 heterocycles. The second-order valence-electron chi connectivity index (χ2n) is 8.77. The van der Waals surface area contributed by atoms with Gasteiger partial charge in [0.15, 0.2) is 0 Å². The Morgan fingerprint density at radius 1 is 1.30 bits per heavy atom. The Hall–Kier alpha value is -3.04. The van der Waals surface area contributed by atoms with Crippen molar-refractivity contribution in [2.45, 2.75) is 51.8 Å². The number of aliphatic hydroxyl groups is 1. The van der Waals surface area contributed by atoms with Crippen LogP contribution in [0.25, 0.3) is 10.4 Å². The highest BCUT2D eigenvalue weighted by atomic mass is 32.1. The van der Waals surface area contributed by atoms with Gasteiger partial charge in [-0.2, -0.15) is 0 Å². The van der Waals surface area contributed by atoms with E-state index in [2.05, 4.69) is 15.5 Å². The van der Waals surface area contributed by atoms with Crippen molar-refractivity contribution < 1.29 is 19.2 Å². The van der Waals surface area contributed by atoms with E-state index in [0.717, 1.165) is 16.0 Å². The van der Waals surface area contributed by atoms with Crippen molar-refractivity contribution >= 4 is 23.2 Å². The Balaban J connectivity index is 1.43. The fourth-order valence-electron chi connectivity index (χ4n) is 4.20. The normalized spacial score (nSPS) is 19.1. The summed E-state index contributed by atoms with van der Waals surface area (Å²) in [6.07, 6.45) is 1.29. The number of aryl methyl sites for hydroxylation is 1. The number of carbonyl (C=O) groups excluding carboxylic acids is 2. The lowest BCUT2D eigenvalue weighted by Crippen LogP contribution is -2.48. The van der Waals surface area contributed by atoms with Crippen LogP contribution in [0.4, 0.5) is 0 Å². The third-order valence-electron chi connectivity index (χ3n) is 5.89. The fraction of sp³-hybridized carbons (Fsp3) is 0.417. The smallest absolute Gasteiger partial charge is 0.243 e.